The third kappa shape index (κ3) is 5.67. The summed E-state index contributed by atoms with van der Waals surface area (Å²) in [5, 5.41) is 15.2. The van der Waals surface area contributed by atoms with Gasteiger partial charge in [0.05, 0.1) is 11.9 Å². The Bertz CT molecular complexity index is 735. The van der Waals surface area contributed by atoms with Crippen LogP contribution >= 0.6 is 39.0 Å². The van der Waals surface area contributed by atoms with Gasteiger partial charge in [0.15, 0.2) is 4.34 Å². The zero-order chi connectivity index (χ0) is 17.6. The monoisotopic (exact) mass is 442 g/mol. The maximum atomic E-state index is 12.1. The number of benzene rings is 1. The number of aryl methyl sites for hydroxylation is 1. The molecule has 0 bridgehead atoms. The first kappa shape index (κ1) is 18.6. The molecule has 2 heterocycles. The van der Waals surface area contributed by atoms with Crippen LogP contribution < -0.4 is 10.6 Å². The molecule has 1 aromatic carbocycles. The summed E-state index contributed by atoms with van der Waals surface area (Å²) in [5.41, 5.74) is 1.84. The number of hydrogen-bond acceptors (Lipinski definition) is 7. The largest absolute Gasteiger partial charge is 0.376 e. The van der Waals surface area contributed by atoms with Gasteiger partial charge >= 0.3 is 0 Å². The molecular formula is C16H19BrN4O2S2. The number of rotatable bonds is 7. The van der Waals surface area contributed by atoms with Crippen LogP contribution in [0.15, 0.2) is 27.0 Å². The lowest BCUT2D eigenvalue weighted by Crippen LogP contribution is -2.18. The Morgan fingerprint density at radius 2 is 2.36 bits per heavy atom. The van der Waals surface area contributed by atoms with Crippen LogP contribution in [0.2, 0.25) is 0 Å². The van der Waals surface area contributed by atoms with Gasteiger partial charge in [-0.2, -0.15) is 0 Å². The molecule has 0 saturated carbocycles. The summed E-state index contributed by atoms with van der Waals surface area (Å²) in [6.07, 6.45) is 2.47. The van der Waals surface area contributed by atoms with Gasteiger partial charge in [-0.15, -0.1) is 10.2 Å². The highest BCUT2D eigenvalue weighted by atomic mass is 79.9. The summed E-state index contributed by atoms with van der Waals surface area (Å²) >= 11 is 6.26. The Morgan fingerprint density at radius 3 is 3.12 bits per heavy atom. The Hall–Kier alpha value is -1.16. The fourth-order valence-corrected chi connectivity index (χ4v) is 4.46. The summed E-state index contributed by atoms with van der Waals surface area (Å²) in [6, 6.07) is 5.77. The van der Waals surface area contributed by atoms with Gasteiger partial charge in [0.25, 0.3) is 0 Å². The van der Waals surface area contributed by atoms with E-state index in [4.69, 9.17) is 4.74 Å². The highest BCUT2D eigenvalue weighted by molar-refractivity contribution is 9.10. The van der Waals surface area contributed by atoms with Crippen molar-refractivity contribution in [2.75, 3.05) is 29.5 Å². The number of nitrogens with zero attached hydrogens (tertiary/aromatic N) is 2. The van der Waals surface area contributed by atoms with E-state index in [0.29, 0.717) is 5.75 Å². The number of thioether (sulfide) groups is 1. The van der Waals surface area contributed by atoms with Crippen LogP contribution in [0.5, 0.6) is 0 Å². The molecule has 1 aliphatic rings. The molecule has 1 saturated heterocycles. The molecule has 0 radical (unpaired) electrons. The molecule has 1 aromatic heterocycles. The van der Waals surface area contributed by atoms with Crippen molar-refractivity contribution in [3.05, 3.63) is 28.2 Å². The van der Waals surface area contributed by atoms with Crippen molar-refractivity contribution >= 4 is 55.8 Å². The molecule has 0 spiro atoms. The van der Waals surface area contributed by atoms with Gasteiger partial charge in [0.2, 0.25) is 11.0 Å². The molecule has 1 amide bonds. The zero-order valence-corrected chi connectivity index (χ0v) is 17.0. The van der Waals surface area contributed by atoms with E-state index >= 15 is 0 Å². The van der Waals surface area contributed by atoms with Crippen LogP contribution in [0.4, 0.5) is 10.8 Å². The number of halogens is 1. The van der Waals surface area contributed by atoms with Crippen molar-refractivity contribution in [3.63, 3.8) is 0 Å². The third-order valence-corrected chi connectivity index (χ3v) is 6.21. The van der Waals surface area contributed by atoms with Crippen LogP contribution in [-0.2, 0) is 9.53 Å². The molecule has 1 atom stereocenters. The quantitative estimate of drug-likeness (QED) is 0.632. The standard InChI is InChI=1S/C16H19BrN4O2S2/c1-10-7-11(17)4-5-13(10)19-14(22)9-24-16-21-20-15(25-16)18-8-12-3-2-6-23-12/h4-5,7,12H,2-3,6,8-9H2,1H3,(H,18,20)(H,19,22). The molecule has 0 aliphatic carbocycles. The first-order valence-corrected chi connectivity index (χ1v) is 10.6. The molecule has 1 unspecified atom stereocenters. The lowest BCUT2D eigenvalue weighted by Gasteiger charge is -2.08. The van der Waals surface area contributed by atoms with Gasteiger partial charge in [0.1, 0.15) is 0 Å². The highest BCUT2D eigenvalue weighted by Gasteiger charge is 2.16. The number of hydrogen-bond donors (Lipinski definition) is 2. The number of carbonyl (C=O) groups excluding carboxylic acids is 1. The first-order chi connectivity index (χ1) is 12.1. The Morgan fingerprint density at radius 1 is 1.48 bits per heavy atom. The summed E-state index contributed by atoms with van der Waals surface area (Å²) in [4.78, 5) is 12.1. The predicted molar refractivity (Wildman–Crippen MR) is 106 cm³/mol. The molecule has 25 heavy (non-hydrogen) atoms. The summed E-state index contributed by atoms with van der Waals surface area (Å²) in [5.74, 6) is 0.245. The number of nitrogens with one attached hydrogen (secondary N) is 2. The topological polar surface area (TPSA) is 76.1 Å². The SMILES string of the molecule is Cc1cc(Br)ccc1NC(=O)CSc1nnc(NCC2CCCO2)s1. The second kappa shape index (κ2) is 8.98. The molecule has 6 nitrogen and oxygen atoms in total. The minimum atomic E-state index is -0.0560. The minimum absolute atomic E-state index is 0.0560. The lowest BCUT2D eigenvalue weighted by atomic mass is 10.2. The molecule has 2 N–H and O–H groups in total. The molecule has 2 aromatic rings. The van der Waals surface area contributed by atoms with Crippen molar-refractivity contribution in [1.82, 2.24) is 10.2 Å². The molecule has 134 valence electrons. The van der Waals surface area contributed by atoms with Crippen LogP contribution in [0, 0.1) is 6.92 Å². The van der Waals surface area contributed by atoms with Gasteiger partial charge in [-0.25, -0.2) is 0 Å². The number of anilines is 2. The third-order valence-electron chi connectivity index (χ3n) is 3.70. The van der Waals surface area contributed by atoms with Crippen molar-refractivity contribution in [3.8, 4) is 0 Å². The highest BCUT2D eigenvalue weighted by Crippen LogP contribution is 2.26. The maximum absolute atomic E-state index is 12.1. The molecule has 1 fully saturated rings. The summed E-state index contributed by atoms with van der Waals surface area (Å²) < 4.78 is 7.34. The maximum Gasteiger partial charge on any atom is 0.234 e. The van der Waals surface area contributed by atoms with Crippen molar-refractivity contribution in [2.24, 2.45) is 0 Å². The first-order valence-electron chi connectivity index (χ1n) is 7.98. The Labute approximate surface area is 163 Å². The van der Waals surface area contributed by atoms with E-state index in [1.165, 1.54) is 23.1 Å². The summed E-state index contributed by atoms with van der Waals surface area (Å²) in [6.45, 7) is 3.56. The second-order valence-electron chi connectivity index (χ2n) is 5.69. The Balaban J connectivity index is 1.44. The van der Waals surface area contributed by atoms with Gasteiger partial charge < -0.3 is 15.4 Å². The van der Waals surface area contributed by atoms with E-state index in [9.17, 15) is 4.79 Å². The van der Waals surface area contributed by atoms with E-state index in [-0.39, 0.29) is 12.0 Å². The predicted octanol–water partition coefficient (Wildman–Crippen LogP) is 3.93. The van der Waals surface area contributed by atoms with E-state index < -0.39 is 0 Å². The Kier molecular flexibility index (Phi) is 6.69. The van der Waals surface area contributed by atoms with Crippen LogP contribution in [0.1, 0.15) is 18.4 Å². The average molecular weight is 443 g/mol. The minimum Gasteiger partial charge on any atom is -0.376 e. The number of amides is 1. The lowest BCUT2D eigenvalue weighted by molar-refractivity contribution is -0.113. The number of aromatic nitrogens is 2. The molecule has 3 rings (SSSR count). The van der Waals surface area contributed by atoms with E-state index in [2.05, 4.69) is 36.8 Å². The van der Waals surface area contributed by atoms with E-state index in [1.807, 2.05) is 25.1 Å². The molecule has 1 aliphatic heterocycles. The fraction of sp³-hybridized carbons (Fsp3) is 0.438. The van der Waals surface area contributed by atoms with Crippen LogP contribution in [0.3, 0.4) is 0 Å². The van der Waals surface area contributed by atoms with Gasteiger partial charge in [0, 0.05) is 23.3 Å². The zero-order valence-electron chi connectivity index (χ0n) is 13.8. The number of carbonyl (C=O) groups is 1. The smallest absolute Gasteiger partial charge is 0.234 e. The average Bonchev–Trinajstić information content (AvgIpc) is 3.25. The van der Waals surface area contributed by atoms with E-state index in [0.717, 1.165) is 51.2 Å². The second-order valence-corrected chi connectivity index (χ2v) is 8.80. The van der Waals surface area contributed by atoms with Crippen molar-refractivity contribution in [2.45, 2.75) is 30.2 Å². The fourth-order valence-electron chi connectivity index (χ4n) is 2.43. The van der Waals surface area contributed by atoms with Gasteiger partial charge in [-0.05, 0) is 43.5 Å². The molecular weight excluding hydrogens is 424 g/mol. The normalized spacial score (nSPS) is 16.8. The molecule has 9 heteroatoms. The van der Waals surface area contributed by atoms with Crippen molar-refractivity contribution < 1.29 is 9.53 Å². The van der Waals surface area contributed by atoms with E-state index in [1.54, 1.807) is 0 Å². The van der Waals surface area contributed by atoms with Crippen LogP contribution in [-0.4, -0.2) is 41.1 Å². The van der Waals surface area contributed by atoms with Crippen LogP contribution in [0.25, 0.3) is 0 Å². The number of ether oxygens (including phenoxy) is 1. The van der Waals surface area contributed by atoms with Crippen molar-refractivity contribution in [1.29, 1.82) is 0 Å². The summed E-state index contributed by atoms with van der Waals surface area (Å²) in [7, 11) is 0. The van der Waals surface area contributed by atoms with Gasteiger partial charge in [-0.1, -0.05) is 39.0 Å². The van der Waals surface area contributed by atoms with Gasteiger partial charge in [-0.3, -0.25) is 4.79 Å².